The Morgan fingerprint density at radius 3 is 2.72 bits per heavy atom. The van der Waals surface area contributed by atoms with Crippen molar-refractivity contribution in [3.8, 4) is 0 Å². The highest BCUT2D eigenvalue weighted by atomic mass is 16.5. The number of carbonyl (C=O) groups is 1. The number of benzene rings is 1. The fraction of sp³-hybridized carbons (Fsp3) is 0.500. The number of methoxy groups -OCH3 is 1. The van der Waals surface area contributed by atoms with Crippen LogP contribution in [0.15, 0.2) is 24.3 Å². The summed E-state index contributed by atoms with van der Waals surface area (Å²) in [6, 6.07) is 7.09. The lowest BCUT2D eigenvalue weighted by Gasteiger charge is -2.18. The van der Waals surface area contributed by atoms with Gasteiger partial charge < -0.3 is 15.8 Å². The molecule has 0 fully saturated rings. The van der Waals surface area contributed by atoms with E-state index in [4.69, 9.17) is 10.5 Å². The third kappa shape index (κ3) is 3.82. The molecule has 0 saturated heterocycles. The van der Waals surface area contributed by atoms with E-state index in [0.29, 0.717) is 6.61 Å². The second-order valence-electron chi connectivity index (χ2n) is 4.49. The van der Waals surface area contributed by atoms with Crippen LogP contribution in [0.4, 0.5) is 5.69 Å². The Bertz CT molecular complexity index is 393. The highest BCUT2D eigenvalue weighted by molar-refractivity contribution is 5.95. The first-order chi connectivity index (χ1) is 8.60. The summed E-state index contributed by atoms with van der Waals surface area (Å²) >= 11 is 0. The van der Waals surface area contributed by atoms with Gasteiger partial charge in [0.05, 0.1) is 12.6 Å². The molecule has 0 heterocycles. The molecule has 100 valence electrons. The molecule has 0 radical (unpaired) electrons. The van der Waals surface area contributed by atoms with Crippen molar-refractivity contribution >= 4 is 11.6 Å². The van der Waals surface area contributed by atoms with E-state index in [2.05, 4.69) is 5.32 Å². The van der Waals surface area contributed by atoms with Crippen LogP contribution >= 0.6 is 0 Å². The third-order valence-electron chi connectivity index (χ3n) is 3.13. The summed E-state index contributed by atoms with van der Waals surface area (Å²) in [6.45, 7) is 4.47. The number of nitrogens with one attached hydrogen (secondary N) is 1. The van der Waals surface area contributed by atoms with Crippen molar-refractivity contribution in [2.75, 3.05) is 12.4 Å². The lowest BCUT2D eigenvalue weighted by Crippen LogP contribution is -2.40. The van der Waals surface area contributed by atoms with Crippen LogP contribution < -0.4 is 11.1 Å². The van der Waals surface area contributed by atoms with Crippen molar-refractivity contribution in [3.63, 3.8) is 0 Å². The van der Waals surface area contributed by atoms with Crippen LogP contribution in [0.1, 0.15) is 25.8 Å². The molecule has 0 aromatic heterocycles. The summed E-state index contributed by atoms with van der Waals surface area (Å²) < 4.78 is 5.10. The molecule has 3 N–H and O–H groups in total. The van der Waals surface area contributed by atoms with Crippen molar-refractivity contribution in [2.24, 2.45) is 11.7 Å². The van der Waals surface area contributed by atoms with E-state index in [0.717, 1.165) is 17.7 Å². The van der Waals surface area contributed by atoms with Crippen molar-refractivity contribution in [3.05, 3.63) is 29.8 Å². The minimum absolute atomic E-state index is 0.145. The molecule has 18 heavy (non-hydrogen) atoms. The molecule has 1 rings (SSSR count). The zero-order valence-corrected chi connectivity index (χ0v) is 11.3. The second-order valence-corrected chi connectivity index (χ2v) is 4.49. The Hall–Kier alpha value is -1.39. The Morgan fingerprint density at radius 1 is 1.44 bits per heavy atom. The fourth-order valence-electron chi connectivity index (χ4n) is 1.65. The number of hydrogen-bond donors (Lipinski definition) is 2. The normalized spacial score (nSPS) is 14.0. The molecule has 0 aliphatic rings. The lowest BCUT2D eigenvalue weighted by molar-refractivity contribution is -0.118. The van der Waals surface area contributed by atoms with Crippen molar-refractivity contribution in [1.82, 2.24) is 0 Å². The standard InChI is InChI=1S/C14H22N2O2/c1-4-10(2)13(15)14(17)16-12-8-6-5-7-11(12)9-18-3/h5-8,10,13H,4,9,15H2,1-3H3,(H,16,17)/t10-,13-/m0/s1. The largest absolute Gasteiger partial charge is 0.380 e. The molecular formula is C14H22N2O2. The highest BCUT2D eigenvalue weighted by Crippen LogP contribution is 2.17. The van der Waals surface area contributed by atoms with E-state index in [1.54, 1.807) is 7.11 Å². The predicted octanol–water partition coefficient (Wildman–Crippen LogP) is 2.14. The van der Waals surface area contributed by atoms with E-state index in [1.807, 2.05) is 38.1 Å². The Kier molecular flexibility index (Phi) is 5.82. The SMILES string of the molecule is CC[C@H](C)[C@H](N)C(=O)Nc1ccccc1COC. The molecule has 1 aromatic rings. The fourth-order valence-corrected chi connectivity index (χ4v) is 1.65. The van der Waals surface area contributed by atoms with Gasteiger partial charge in [-0.15, -0.1) is 0 Å². The van der Waals surface area contributed by atoms with Gasteiger partial charge in [-0.1, -0.05) is 38.5 Å². The van der Waals surface area contributed by atoms with Crippen molar-refractivity contribution in [2.45, 2.75) is 32.9 Å². The van der Waals surface area contributed by atoms with Gasteiger partial charge in [0.15, 0.2) is 0 Å². The monoisotopic (exact) mass is 250 g/mol. The summed E-state index contributed by atoms with van der Waals surface area (Å²) in [6.07, 6.45) is 0.883. The highest BCUT2D eigenvalue weighted by Gasteiger charge is 2.19. The first kappa shape index (κ1) is 14.7. The lowest BCUT2D eigenvalue weighted by atomic mass is 9.99. The van der Waals surface area contributed by atoms with Gasteiger partial charge in [-0.3, -0.25) is 4.79 Å². The van der Waals surface area contributed by atoms with Crippen LogP contribution in [0.3, 0.4) is 0 Å². The first-order valence-corrected chi connectivity index (χ1v) is 6.23. The molecule has 0 aliphatic carbocycles. The average Bonchev–Trinajstić information content (AvgIpc) is 2.39. The number of nitrogens with two attached hydrogens (primary N) is 1. The number of ether oxygens (including phenoxy) is 1. The van der Waals surface area contributed by atoms with Gasteiger partial charge in [-0.2, -0.15) is 0 Å². The molecular weight excluding hydrogens is 228 g/mol. The zero-order chi connectivity index (χ0) is 13.5. The minimum atomic E-state index is -0.481. The summed E-state index contributed by atoms with van der Waals surface area (Å²) in [5, 5.41) is 2.87. The molecule has 4 nitrogen and oxygen atoms in total. The summed E-state index contributed by atoms with van der Waals surface area (Å²) in [4.78, 5) is 12.0. The number of amides is 1. The van der Waals surface area contributed by atoms with E-state index in [1.165, 1.54) is 0 Å². The second kappa shape index (κ2) is 7.13. The van der Waals surface area contributed by atoms with E-state index >= 15 is 0 Å². The number of anilines is 1. The van der Waals surface area contributed by atoms with E-state index in [-0.39, 0.29) is 11.8 Å². The maximum atomic E-state index is 12.0. The van der Waals surface area contributed by atoms with E-state index in [9.17, 15) is 4.79 Å². The summed E-state index contributed by atoms with van der Waals surface area (Å²) in [5.74, 6) is 0.0208. The van der Waals surface area contributed by atoms with Gasteiger partial charge in [0.2, 0.25) is 5.91 Å². The molecule has 4 heteroatoms. The molecule has 1 amide bonds. The molecule has 0 unspecified atom stereocenters. The Morgan fingerprint density at radius 2 is 2.11 bits per heavy atom. The van der Waals surface area contributed by atoms with Crippen LogP contribution in [0.5, 0.6) is 0 Å². The molecule has 0 spiro atoms. The van der Waals surface area contributed by atoms with Crippen LogP contribution in [0.2, 0.25) is 0 Å². The predicted molar refractivity (Wildman–Crippen MR) is 73.2 cm³/mol. The Balaban J connectivity index is 2.75. The van der Waals surface area contributed by atoms with Crippen LogP contribution in [-0.2, 0) is 16.1 Å². The number of para-hydroxylation sites is 1. The summed E-state index contributed by atoms with van der Waals surface area (Å²) in [5.41, 5.74) is 7.62. The number of rotatable bonds is 6. The summed E-state index contributed by atoms with van der Waals surface area (Å²) in [7, 11) is 1.63. The average molecular weight is 250 g/mol. The van der Waals surface area contributed by atoms with Crippen molar-refractivity contribution in [1.29, 1.82) is 0 Å². The van der Waals surface area contributed by atoms with Gasteiger partial charge in [-0.25, -0.2) is 0 Å². The minimum Gasteiger partial charge on any atom is -0.380 e. The van der Waals surface area contributed by atoms with Gasteiger partial charge in [0, 0.05) is 18.4 Å². The maximum absolute atomic E-state index is 12.0. The third-order valence-corrected chi connectivity index (χ3v) is 3.13. The maximum Gasteiger partial charge on any atom is 0.241 e. The first-order valence-electron chi connectivity index (χ1n) is 6.23. The van der Waals surface area contributed by atoms with Crippen LogP contribution in [0, 0.1) is 5.92 Å². The van der Waals surface area contributed by atoms with Crippen LogP contribution in [-0.4, -0.2) is 19.1 Å². The molecule has 2 atom stereocenters. The van der Waals surface area contributed by atoms with Gasteiger partial charge in [-0.05, 0) is 12.0 Å². The number of carbonyl (C=O) groups excluding carboxylic acids is 1. The topological polar surface area (TPSA) is 64.4 Å². The smallest absolute Gasteiger partial charge is 0.241 e. The van der Waals surface area contributed by atoms with Crippen LogP contribution in [0.25, 0.3) is 0 Å². The van der Waals surface area contributed by atoms with Gasteiger partial charge >= 0.3 is 0 Å². The molecule has 1 aromatic carbocycles. The van der Waals surface area contributed by atoms with Gasteiger partial charge in [0.25, 0.3) is 0 Å². The molecule has 0 saturated carbocycles. The van der Waals surface area contributed by atoms with Crippen molar-refractivity contribution < 1.29 is 9.53 Å². The van der Waals surface area contributed by atoms with E-state index < -0.39 is 6.04 Å². The number of hydrogen-bond acceptors (Lipinski definition) is 3. The molecule has 0 aliphatic heterocycles. The van der Waals surface area contributed by atoms with Gasteiger partial charge in [0.1, 0.15) is 0 Å². The molecule has 0 bridgehead atoms. The quantitative estimate of drug-likeness (QED) is 0.813. The zero-order valence-electron chi connectivity index (χ0n) is 11.3. The Labute approximate surface area is 109 Å².